The molecule has 0 aliphatic rings. The van der Waals surface area contributed by atoms with Crippen LogP contribution < -0.4 is 11.4 Å². The van der Waals surface area contributed by atoms with E-state index in [1.165, 1.54) is 18.2 Å². The largest absolute Gasteiger partial charge is 0.506 e. The number of rotatable bonds is 3. The summed E-state index contributed by atoms with van der Waals surface area (Å²) in [6.45, 7) is 0. The highest BCUT2D eigenvalue weighted by molar-refractivity contribution is 6.32. The van der Waals surface area contributed by atoms with E-state index in [-0.39, 0.29) is 22.8 Å². The lowest BCUT2D eigenvalue weighted by Gasteiger charge is -2.07. The van der Waals surface area contributed by atoms with Crippen LogP contribution in [0.3, 0.4) is 0 Å². The average molecular weight is 285 g/mol. The van der Waals surface area contributed by atoms with Crippen molar-refractivity contribution in [2.24, 2.45) is 0 Å². The van der Waals surface area contributed by atoms with Gasteiger partial charge in [0.25, 0.3) is 0 Å². The van der Waals surface area contributed by atoms with E-state index in [0.717, 1.165) is 0 Å². The van der Waals surface area contributed by atoms with E-state index in [0.29, 0.717) is 10.9 Å². The summed E-state index contributed by atoms with van der Waals surface area (Å²) >= 11 is 5.80. The summed E-state index contributed by atoms with van der Waals surface area (Å²) in [5.74, 6) is -1.27. The number of carbonyl (C=O) groups is 1. The summed E-state index contributed by atoms with van der Waals surface area (Å²) < 4.78 is 4.94. The summed E-state index contributed by atoms with van der Waals surface area (Å²) in [6, 6.07) is 2.97. The fourth-order valence-electron chi connectivity index (χ4n) is 1.76. The first-order valence-corrected chi connectivity index (χ1v) is 5.77. The molecule has 0 saturated heterocycles. The Balaban J connectivity index is 2.62. The monoisotopic (exact) mass is 284 g/mol. The number of carboxylic acid groups (broad SMARTS) is 1. The van der Waals surface area contributed by atoms with Gasteiger partial charge in [-0.1, -0.05) is 11.6 Å². The molecule has 5 N–H and O–H groups in total. The number of hydrogen-bond donors (Lipinski definition) is 3. The normalized spacial score (nSPS) is 12.5. The number of aromatic hydroxyl groups is 1. The summed E-state index contributed by atoms with van der Waals surface area (Å²) in [5, 5.41) is 18.9. The molecule has 0 fully saturated rings. The fourth-order valence-corrected chi connectivity index (χ4v) is 1.92. The standard InChI is InChI=1S/C12H10ClNO5/c13-7-3-6-5(1-8(14)12(17)18)2-11(16)19-10(6)4-9(7)15/h2-4,8,15H,1,14H2,(H,17,18)/p+1/t8-/m0/s1. The van der Waals surface area contributed by atoms with Gasteiger partial charge in [-0.05, 0) is 11.6 Å². The smallest absolute Gasteiger partial charge is 0.362 e. The number of halogens is 1. The molecule has 0 bridgehead atoms. The third kappa shape index (κ3) is 2.69. The van der Waals surface area contributed by atoms with Crippen LogP contribution in [0.5, 0.6) is 5.75 Å². The molecular formula is C12H11ClNO5+. The lowest BCUT2D eigenvalue weighted by atomic mass is 10.0. The van der Waals surface area contributed by atoms with Crippen molar-refractivity contribution in [3.63, 3.8) is 0 Å². The van der Waals surface area contributed by atoms with Gasteiger partial charge < -0.3 is 20.4 Å². The number of aliphatic carboxylic acids is 1. The van der Waals surface area contributed by atoms with E-state index in [2.05, 4.69) is 5.73 Å². The predicted molar refractivity (Wildman–Crippen MR) is 67.2 cm³/mol. The van der Waals surface area contributed by atoms with Gasteiger partial charge in [-0.3, -0.25) is 0 Å². The first-order valence-electron chi connectivity index (χ1n) is 5.39. The number of benzene rings is 1. The lowest BCUT2D eigenvalue weighted by Crippen LogP contribution is -2.66. The first kappa shape index (κ1) is 13.4. The second-order valence-electron chi connectivity index (χ2n) is 4.13. The minimum absolute atomic E-state index is 0.0680. The van der Waals surface area contributed by atoms with Gasteiger partial charge in [0.05, 0.1) is 5.02 Å². The highest BCUT2D eigenvalue weighted by atomic mass is 35.5. The maximum Gasteiger partial charge on any atom is 0.362 e. The molecule has 100 valence electrons. The number of carboxylic acids is 1. The van der Waals surface area contributed by atoms with Crippen molar-refractivity contribution in [3.05, 3.63) is 39.2 Å². The lowest BCUT2D eigenvalue weighted by molar-refractivity contribution is -0.407. The van der Waals surface area contributed by atoms with Crippen LogP contribution in [-0.2, 0) is 11.2 Å². The van der Waals surface area contributed by atoms with Gasteiger partial charge in [0.1, 0.15) is 11.3 Å². The molecule has 0 radical (unpaired) electrons. The molecule has 0 aliphatic heterocycles. The third-order valence-electron chi connectivity index (χ3n) is 2.71. The summed E-state index contributed by atoms with van der Waals surface area (Å²) in [5.41, 5.74) is 3.49. The van der Waals surface area contributed by atoms with Crippen molar-refractivity contribution < 1.29 is 25.2 Å². The van der Waals surface area contributed by atoms with Gasteiger partial charge in [-0.25, -0.2) is 9.59 Å². The quantitative estimate of drug-likeness (QED) is 0.705. The van der Waals surface area contributed by atoms with Crippen LogP contribution in [0.1, 0.15) is 5.56 Å². The zero-order valence-electron chi connectivity index (χ0n) is 9.72. The molecule has 2 aromatic rings. The summed E-state index contributed by atoms with van der Waals surface area (Å²) in [7, 11) is 0. The number of quaternary nitrogens is 1. The van der Waals surface area contributed by atoms with Crippen molar-refractivity contribution in [1.82, 2.24) is 0 Å². The Kier molecular flexibility index (Phi) is 3.46. The Hall–Kier alpha value is -2.05. The molecular weight excluding hydrogens is 274 g/mol. The first-order chi connectivity index (χ1) is 8.88. The third-order valence-corrected chi connectivity index (χ3v) is 3.02. The fraction of sp³-hybridized carbons (Fsp3) is 0.167. The number of phenols is 1. The van der Waals surface area contributed by atoms with Gasteiger partial charge in [-0.15, -0.1) is 0 Å². The van der Waals surface area contributed by atoms with Crippen LogP contribution in [-0.4, -0.2) is 22.2 Å². The zero-order chi connectivity index (χ0) is 14.2. The van der Waals surface area contributed by atoms with Gasteiger partial charge in [0, 0.05) is 23.9 Å². The number of phenolic OH excluding ortho intramolecular Hbond substituents is 1. The van der Waals surface area contributed by atoms with Gasteiger partial charge >= 0.3 is 11.6 Å². The highest BCUT2D eigenvalue weighted by Gasteiger charge is 2.19. The Morgan fingerprint density at radius 1 is 1.42 bits per heavy atom. The van der Waals surface area contributed by atoms with Crippen molar-refractivity contribution in [2.75, 3.05) is 0 Å². The second kappa shape index (κ2) is 4.91. The van der Waals surface area contributed by atoms with Crippen LogP contribution in [0.4, 0.5) is 0 Å². The molecule has 0 amide bonds. The van der Waals surface area contributed by atoms with Gasteiger partial charge in [0.15, 0.2) is 6.04 Å². The second-order valence-corrected chi connectivity index (χ2v) is 4.54. The van der Waals surface area contributed by atoms with Crippen molar-refractivity contribution >= 4 is 28.5 Å². The van der Waals surface area contributed by atoms with Crippen LogP contribution in [0.2, 0.25) is 5.02 Å². The van der Waals surface area contributed by atoms with Gasteiger partial charge in [-0.2, -0.15) is 0 Å². The molecule has 0 aliphatic carbocycles. The Morgan fingerprint density at radius 2 is 2.11 bits per heavy atom. The molecule has 1 aromatic heterocycles. The molecule has 0 saturated carbocycles. The van der Waals surface area contributed by atoms with Crippen LogP contribution >= 0.6 is 11.6 Å². The molecule has 1 atom stereocenters. The highest BCUT2D eigenvalue weighted by Crippen LogP contribution is 2.30. The van der Waals surface area contributed by atoms with E-state index in [4.69, 9.17) is 21.1 Å². The van der Waals surface area contributed by atoms with E-state index in [1.807, 2.05) is 0 Å². The number of fused-ring (bicyclic) bond motifs is 1. The minimum atomic E-state index is -1.06. The van der Waals surface area contributed by atoms with Gasteiger partial charge in [0.2, 0.25) is 0 Å². The van der Waals surface area contributed by atoms with Crippen molar-refractivity contribution in [1.29, 1.82) is 0 Å². The molecule has 1 aromatic carbocycles. The Morgan fingerprint density at radius 3 is 2.74 bits per heavy atom. The maximum atomic E-state index is 11.4. The van der Waals surface area contributed by atoms with Crippen molar-refractivity contribution in [2.45, 2.75) is 12.5 Å². The summed E-state index contributed by atoms with van der Waals surface area (Å²) in [6.07, 6.45) is 0.0680. The molecule has 6 nitrogen and oxygen atoms in total. The summed E-state index contributed by atoms with van der Waals surface area (Å²) in [4.78, 5) is 22.2. The topological polar surface area (TPSA) is 115 Å². The van der Waals surface area contributed by atoms with Crippen LogP contribution in [0.25, 0.3) is 11.0 Å². The molecule has 1 heterocycles. The molecule has 2 rings (SSSR count). The van der Waals surface area contributed by atoms with E-state index in [9.17, 15) is 14.7 Å². The molecule has 19 heavy (non-hydrogen) atoms. The predicted octanol–water partition coefficient (Wildman–Crippen LogP) is 0.390. The molecule has 0 unspecified atom stereocenters. The van der Waals surface area contributed by atoms with E-state index in [1.54, 1.807) is 0 Å². The average Bonchev–Trinajstić information content (AvgIpc) is 2.31. The Bertz CT molecular complexity index is 709. The molecule has 7 heteroatoms. The SMILES string of the molecule is [NH3+][C@@H](Cc1cc(=O)oc2cc(O)c(Cl)cc12)C(=O)O. The van der Waals surface area contributed by atoms with Crippen LogP contribution in [0, 0.1) is 0 Å². The number of hydrogen-bond acceptors (Lipinski definition) is 4. The van der Waals surface area contributed by atoms with Crippen LogP contribution in [0.15, 0.2) is 27.4 Å². The van der Waals surface area contributed by atoms with E-state index < -0.39 is 17.6 Å². The molecule has 0 spiro atoms. The maximum absolute atomic E-state index is 11.4. The van der Waals surface area contributed by atoms with Crippen molar-refractivity contribution in [3.8, 4) is 5.75 Å². The minimum Gasteiger partial charge on any atom is -0.506 e. The zero-order valence-corrected chi connectivity index (χ0v) is 10.5. The Labute approximate surface area is 112 Å². The van der Waals surface area contributed by atoms with E-state index >= 15 is 0 Å².